The van der Waals surface area contributed by atoms with E-state index in [2.05, 4.69) is 0 Å². The van der Waals surface area contributed by atoms with Crippen LogP contribution in [0.1, 0.15) is 36.6 Å². The largest absolute Gasteiger partial charge is 0.478 e. The Labute approximate surface area is 130 Å². The van der Waals surface area contributed by atoms with Crippen molar-refractivity contribution in [3.05, 3.63) is 63.7 Å². The summed E-state index contributed by atoms with van der Waals surface area (Å²) in [4.78, 5) is 37.0. The summed E-state index contributed by atoms with van der Waals surface area (Å²) in [5.74, 6) is -2.11. The van der Waals surface area contributed by atoms with Crippen molar-refractivity contribution in [1.82, 2.24) is 0 Å². The van der Waals surface area contributed by atoms with Gasteiger partial charge in [-0.3, -0.25) is 9.59 Å². The Kier molecular flexibility index (Phi) is 3.22. The molecule has 0 saturated heterocycles. The Balaban J connectivity index is 2.15. The van der Waals surface area contributed by atoms with Crippen molar-refractivity contribution in [3.8, 4) is 0 Å². The number of rotatable bonds is 2. The standard InChI is InChI=1S/C16H10ClNO4/c1-8-2-3-9(16(21)22)6-13(8)18-14(19)11-5-4-10(17)7-12(11)15(18)20/h2-7H,1H3,(H,21,22). The molecule has 1 aliphatic heterocycles. The summed E-state index contributed by atoms with van der Waals surface area (Å²) in [6.07, 6.45) is 0. The summed E-state index contributed by atoms with van der Waals surface area (Å²) in [7, 11) is 0. The van der Waals surface area contributed by atoms with Crippen LogP contribution in [0.25, 0.3) is 0 Å². The highest BCUT2D eigenvalue weighted by Crippen LogP contribution is 2.32. The average Bonchev–Trinajstić information content (AvgIpc) is 2.71. The molecule has 22 heavy (non-hydrogen) atoms. The molecule has 0 unspecified atom stereocenters. The number of hydrogen-bond donors (Lipinski definition) is 1. The molecular formula is C16H10ClNO4. The van der Waals surface area contributed by atoms with Crippen LogP contribution in [0, 0.1) is 6.92 Å². The molecule has 6 heteroatoms. The van der Waals surface area contributed by atoms with Gasteiger partial charge in [0.25, 0.3) is 11.8 Å². The maximum Gasteiger partial charge on any atom is 0.335 e. The smallest absolute Gasteiger partial charge is 0.335 e. The van der Waals surface area contributed by atoms with Gasteiger partial charge in [-0.05, 0) is 42.8 Å². The molecule has 0 atom stereocenters. The minimum Gasteiger partial charge on any atom is -0.478 e. The molecule has 1 heterocycles. The van der Waals surface area contributed by atoms with Gasteiger partial charge in [0.1, 0.15) is 0 Å². The first-order valence-corrected chi connectivity index (χ1v) is 6.80. The van der Waals surface area contributed by atoms with E-state index in [1.165, 1.54) is 30.3 Å². The van der Waals surface area contributed by atoms with Crippen LogP contribution >= 0.6 is 11.6 Å². The quantitative estimate of drug-likeness (QED) is 0.864. The number of carbonyl (C=O) groups is 3. The van der Waals surface area contributed by atoms with Gasteiger partial charge in [0.05, 0.1) is 22.4 Å². The zero-order valence-electron chi connectivity index (χ0n) is 11.5. The van der Waals surface area contributed by atoms with Crippen molar-refractivity contribution in [3.63, 3.8) is 0 Å². The fraction of sp³-hybridized carbons (Fsp3) is 0.0625. The predicted molar refractivity (Wildman–Crippen MR) is 80.7 cm³/mol. The van der Waals surface area contributed by atoms with Gasteiger partial charge < -0.3 is 5.11 Å². The normalized spacial score (nSPS) is 13.5. The van der Waals surface area contributed by atoms with Crippen molar-refractivity contribution >= 4 is 35.1 Å². The molecule has 0 bridgehead atoms. The lowest BCUT2D eigenvalue weighted by Gasteiger charge is -2.17. The third-order valence-corrected chi connectivity index (χ3v) is 3.78. The van der Waals surface area contributed by atoms with Gasteiger partial charge in [0, 0.05) is 5.02 Å². The maximum atomic E-state index is 12.5. The van der Waals surface area contributed by atoms with Crippen molar-refractivity contribution < 1.29 is 19.5 Å². The van der Waals surface area contributed by atoms with E-state index >= 15 is 0 Å². The number of carboxylic acids is 1. The summed E-state index contributed by atoms with van der Waals surface area (Å²) >= 11 is 5.87. The predicted octanol–water partition coefficient (Wildman–Crippen LogP) is 3.15. The van der Waals surface area contributed by atoms with Gasteiger partial charge in [-0.2, -0.15) is 0 Å². The Hall–Kier alpha value is -2.66. The highest BCUT2D eigenvalue weighted by molar-refractivity contribution is 6.37. The number of carbonyl (C=O) groups excluding carboxylic acids is 2. The number of benzene rings is 2. The molecule has 0 fully saturated rings. The van der Waals surface area contributed by atoms with E-state index in [0.717, 1.165) is 4.90 Å². The molecular weight excluding hydrogens is 306 g/mol. The highest BCUT2D eigenvalue weighted by atomic mass is 35.5. The third-order valence-electron chi connectivity index (χ3n) is 3.55. The number of imide groups is 1. The molecule has 110 valence electrons. The lowest BCUT2D eigenvalue weighted by atomic mass is 10.1. The molecule has 5 nitrogen and oxygen atoms in total. The van der Waals surface area contributed by atoms with Gasteiger partial charge in [-0.15, -0.1) is 0 Å². The monoisotopic (exact) mass is 315 g/mol. The molecule has 0 radical (unpaired) electrons. The van der Waals surface area contributed by atoms with Gasteiger partial charge in [0.2, 0.25) is 0 Å². The second kappa shape index (κ2) is 4.96. The number of carboxylic acid groups (broad SMARTS) is 1. The minimum absolute atomic E-state index is 0.00943. The average molecular weight is 316 g/mol. The lowest BCUT2D eigenvalue weighted by Crippen LogP contribution is -2.30. The van der Waals surface area contributed by atoms with E-state index in [-0.39, 0.29) is 22.4 Å². The van der Waals surface area contributed by atoms with Gasteiger partial charge >= 0.3 is 5.97 Å². The van der Waals surface area contributed by atoms with Crippen LogP contribution in [0.15, 0.2) is 36.4 Å². The van der Waals surface area contributed by atoms with E-state index in [1.54, 1.807) is 13.0 Å². The first-order valence-electron chi connectivity index (χ1n) is 6.42. The molecule has 2 aromatic rings. The van der Waals surface area contributed by atoms with Crippen LogP contribution in [0.2, 0.25) is 5.02 Å². The van der Waals surface area contributed by atoms with E-state index in [9.17, 15) is 14.4 Å². The molecule has 1 N–H and O–H groups in total. The molecule has 0 saturated carbocycles. The Morgan fingerprint density at radius 2 is 1.73 bits per heavy atom. The first kappa shape index (κ1) is 14.3. The molecule has 0 aliphatic carbocycles. The van der Waals surface area contributed by atoms with Crippen molar-refractivity contribution in [2.75, 3.05) is 4.90 Å². The van der Waals surface area contributed by atoms with Crippen LogP contribution in [-0.2, 0) is 0 Å². The fourth-order valence-corrected chi connectivity index (χ4v) is 2.59. The van der Waals surface area contributed by atoms with E-state index in [1.807, 2.05) is 0 Å². The van der Waals surface area contributed by atoms with Crippen LogP contribution in [0.4, 0.5) is 5.69 Å². The minimum atomic E-state index is -1.12. The highest BCUT2D eigenvalue weighted by Gasteiger charge is 2.37. The lowest BCUT2D eigenvalue weighted by molar-refractivity contribution is 0.0695. The molecule has 1 aliphatic rings. The summed E-state index contributed by atoms with van der Waals surface area (Å²) in [5, 5.41) is 9.44. The number of hydrogen-bond acceptors (Lipinski definition) is 3. The fourth-order valence-electron chi connectivity index (χ4n) is 2.42. The number of halogens is 1. The Morgan fingerprint density at radius 3 is 2.41 bits per heavy atom. The van der Waals surface area contributed by atoms with E-state index in [0.29, 0.717) is 10.6 Å². The molecule has 0 aromatic heterocycles. The number of fused-ring (bicyclic) bond motifs is 1. The second-order valence-corrected chi connectivity index (χ2v) is 5.38. The van der Waals surface area contributed by atoms with Crippen molar-refractivity contribution in [2.45, 2.75) is 6.92 Å². The molecule has 2 amide bonds. The van der Waals surface area contributed by atoms with Crippen molar-refractivity contribution in [2.24, 2.45) is 0 Å². The van der Waals surface area contributed by atoms with Gasteiger partial charge in [-0.25, -0.2) is 9.69 Å². The zero-order chi connectivity index (χ0) is 16.0. The number of aromatic carboxylic acids is 1. The topological polar surface area (TPSA) is 74.7 Å². The second-order valence-electron chi connectivity index (χ2n) is 4.94. The number of anilines is 1. The number of nitrogens with zero attached hydrogens (tertiary/aromatic N) is 1. The number of amides is 2. The molecule has 0 spiro atoms. The summed E-state index contributed by atoms with van der Waals surface area (Å²) in [6, 6.07) is 8.78. The summed E-state index contributed by atoms with van der Waals surface area (Å²) in [6.45, 7) is 1.71. The zero-order valence-corrected chi connectivity index (χ0v) is 12.2. The molecule has 3 rings (SSSR count). The van der Waals surface area contributed by atoms with Crippen LogP contribution in [0.3, 0.4) is 0 Å². The maximum absolute atomic E-state index is 12.5. The van der Waals surface area contributed by atoms with Gasteiger partial charge in [0.15, 0.2) is 0 Å². The van der Waals surface area contributed by atoms with Gasteiger partial charge in [-0.1, -0.05) is 17.7 Å². The Bertz CT molecular complexity index is 844. The third kappa shape index (κ3) is 2.07. The van der Waals surface area contributed by atoms with Crippen LogP contribution in [0.5, 0.6) is 0 Å². The molecule has 2 aromatic carbocycles. The summed E-state index contributed by atoms with van der Waals surface area (Å²) in [5.41, 5.74) is 1.38. The Morgan fingerprint density at radius 1 is 1.05 bits per heavy atom. The van der Waals surface area contributed by atoms with Crippen LogP contribution in [-0.4, -0.2) is 22.9 Å². The van der Waals surface area contributed by atoms with E-state index < -0.39 is 17.8 Å². The number of aryl methyl sites for hydroxylation is 1. The van der Waals surface area contributed by atoms with Crippen LogP contribution < -0.4 is 4.90 Å². The van der Waals surface area contributed by atoms with E-state index in [4.69, 9.17) is 16.7 Å². The van der Waals surface area contributed by atoms with Crippen molar-refractivity contribution in [1.29, 1.82) is 0 Å². The summed E-state index contributed by atoms with van der Waals surface area (Å²) < 4.78 is 0. The SMILES string of the molecule is Cc1ccc(C(=O)O)cc1N1C(=O)c2ccc(Cl)cc2C1=O. The first-order chi connectivity index (χ1) is 10.4.